The van der Waals surface area contributed by atoms with Crippen molar-refractivity contribution in [2.24, 2.45) is 4.99 Å². The summed E-state index contributed by atoms with van der Waals surface area (Å²) in [6.45, 7) is 5.46. The average Bonchev–Trinajstić information content (AvgIpc) is 2.02. The first kappa shape index (κ1) is 11.1. The molecular formula is C9H8I2N2. The lowest BCUT2D eigenvalue weighted by molar-refractivity contribution is 1.18. The van der Waals surface area contributed by atoms with Crippen LogP contribution in [0.25, 0.3) is 6.08 Å². The largest absolute Gasteiger partial charge is 0.272 e. The van der Waals surface area contributed by atoms with E-state index in [9.17, 15) is 0 Å². The highest BCUT2D eigenvalue weighted by molar-refractivity contribution is 14.1. The quantitative estimate of drug-likeness (QED) is 0.427. The van der Waals surface area contributed by atoms with E-state index in [-0.39, 0.29) is 0 Å². The molecule has 1 aromatic heterocycles. The van der Waals surface area contributed by atoms with Crippen molar-refractivity contribution >= 4 is 58.0 Å². The Morgan fingerprint density at radius 1 is 1.54 bits per heavy atom. The molecule has 0 amide bonds. The molecule has 4 heteroatoms. The molecular weight excluding hydrogens is 390 g/mol. The molecule has 1 heterocycles. The smallest absolute Gasteiger partial charge is 0.110 e. The molecule has 0 saturated carbocycles. The van der Waals surface area contributed by atoms with Gasteiger partial charge < -0.3 is 0 Å². The van der Waals surface area contributed by atoms with Gasteiger partial charge in [0.15, 0.2) is 0 Å². The van der Waals surface area contributed by atoms with Crippen LogP contribution in [0.4, 0.5) is 0 Å². The van der Waals surface area contributed by atoms with Crippen molar-refractivity contribution in [2.45, 2.75) is 6.92 Å². The Kier molecular flexibility index (Phi) is 4.30. The average molecular weight is 398 g/mol. The Morgan fingerprint density at radius 2 is 2.23 bits per heavy atom. The highest BCUT2D eigenvalue weighted by Gasteiger charge is 2.02. The molecule has 13 heavy (non-hydrogen) atoms. The van der Waals surface area contributed by atoms with Crippen LogP contribution in [0.2, 0.25) is 0 Å². The molecule has 1 aromatic rings. The summed E-state index contributed by atoms with van der Waals surface area (Å²) in [5.74, 6) is 0. The summed E-state index contributed by atoms with van der Waals surface area (Å²) in [6.07, 6.45) is 3.60. The first-order chi connectivity index (χ1) is 6.15. The zero-order chi connectivity index (χ0) is 9.84. The summed E-state index contributed by atoms with van der Waals surface area (Å²) < 4.78 is 2.02. The second-order valence-electron chi connectivity index (χ2n) is 2.46. The first-order valence-electron chi connectivity index (χ1n) is 3.60. The predicted molar refractivity (Wildman–Crippen MR) is 73.0 cm³/mol. The second-order valence-corrected chi connectivity index (χ2v) is 4.59. The van der Waals surface area contributed by atoms with E-state index in [1.165, 1.54) is 5.56 Å². The van der Waals surface area contributed by atoms with Crippen molar-refractivity contribution < 1.29 is 0 Å². The van der Waals surface area contributed by atoms with Gasteiger partial charge in [0, 0.05) is 11.8 Å². The van der Waals surface area contributed by atoms with Crippen molar-refractivity contribution in [3.8, 4) is 0 Å². The fourth-order valence-corrected chi connectivity index (χ4v) is 2.97. The molecule has 0 saturated heterocycles. The minimum Gasteiger partial charge on any atom is -0.272 e. The number of pyridine rings is 1. The number of hydrogen-bond donors (Lipinski definition) is 0. The van der Waals surface area contributed by atoms with Gasteiger partial charge in [0.05, 0.1) is 0 Å². The van der Waals surface area contributed by atoms with Crippen molar-refractivity contribution in [2.75, 3.05) is 0 Å². The number of hydrogen-bond acceptors (Lipinski definition) is 2. The molecule has 0 bridgehead atoms. The molecule has 0 aliphatic heterocycles. The van der Waals surface area contributed by atoms with Crippen LogP contribution >= 0.6 is 45.2 Å². The number of rotatable bonds is 2. The maximum atomic E-state index is 4.35. The molecule has 0 atom stereocenters. The lowest BCUT2D eigenvalue weighted by atomic mass is 10.2. The molecule has 0 aromatic carbocycles. The predicted octanol–water partition coefficient (Wildman–Crippen LogP) is 3.27. The summed E-state index contributed by atoms with van der Waals surface area (Å²) in [6, 6.07) is 2.05. The van der Waals surface area contributed by atoms with Crippen LogP contribution in [-0.4, -0.2) is 11.7 Å². The van der Waals surface area contributed by atoms with Gasteiger partial charge in [-0.05, 0) is 76.5 Å². The maximum absolute atomic E-state index is 4.35. The third-order valence-corrected chi connectivity index (χ3v) is 2.91. The van der Waals surface area contributed by atoms with Crippen molar-refractivity contribution in [3.05, 3.63) is 30.8 Å². The van der Waals surface area contributed by atoms with Crippen molar-refractivity contribution in [1.82, 2.24) is 4.98 Å². The van der Waals surface area contributed by atoms with Crippen LogP contribution in [-0.2, 0) is 0 Å². The Morgan fingerprint density at radius 3 is 2.77 bits per heavy atom. The Labute approximate surface area is 105 Å². The van der Waals surface area contributed by atoms with E-state index >= 15 is 0 Å². The van der Waals surface area contributed by atoms with Crippen LogP contribution in [0.1, 0.15) is 11.1 Å². The number of nitrogens with zero attached hydrogens (tertiary/aromatic N) is 2. The van der Waals surface area contributed by atoms with Gasteiger partial charge in [0.25, 0.3) is 0 Å². The molecule has 1 rings (SSSR count). The molecule has 2 nitrogen and oxygen atoms in total. The van der Waals surface area contributed by atoms with Gasteiger partial charge in [-0.2, -0.15) is 0 Å². The summed E-state index contributed by atoms with van der Waals surface area (Å²) in [5, 5.41) is 0. The van der Waals surface area contributed by atoms with Crippen LogP contribution in [0.5, 0.6) is 0 Å². The minimum absolute atomic E-state index is 1.00. The van der Waals surface area contributed by atoms with E-state index in [0.29, 0.717) is 0 Å². The van der Waals surface area contributed by atoms with Gasteiger partial charge in [0.2, 0.25) is 0 Å². The SMILES string of the molecule is C=N/C=C\c1c(C)cc(I)nc1I. The van der Waals surface area contributed by atoms with E-state index < -0.39 is 0 Å². The topological polar surface area (TPSA) is 25.2 Å². The van der Waals surface area contributed by atoms with E-state index in [1.807, 2.05) is 12.1 Å². The standard InChI is InChI=1S/C9H8I2N2/c1-6-5-8(10)13-9(11)7(6)3-4-12-2/h3-5H,2H2,1H3/b4-3-. The molecule has 0 fully saturated rings. The Balaban J connectivity index is 3.20. The number of aromatic nitrogens is 1. The lowest BCUT2D eigenvalue weighted by Gasteiger charge is -2.02. The zero-order valence-corrected chi connectivity index (χ0v) is 11.4. The van der Waals surface area contributed by atoms with E-state index in [2.05, 4.69) is 68.8 Å². The molecule has 0 aliphatic carbocycles. The highest BCUT2D eigenvalue weighted by atomic mass is 127. The number of halogens is 2. The van der Waals surface area contributed by atoms with Gasteiger partial charge >= 0.3 is 0 Å². The van der Waals surface area contributed by atoms with E-state index in [1.54, 1.807) is 6.20 Å². The highest BCUT2D eigenvalue weighted by Crippen LogP contribution is 2.18. The maximum Gasteiger partial charge on any atom is 0.110 e. The summed E-state index contributed by atoms with van der Waals surface area (Å²) in [4.78, 5) is 8.02. The summed E-state index contributed by atoms with van der Waals surface area (Å²) >= 11 is 4.43. The lowest BCUT2D eigenvalue weighted by Crippen LogP contribution is -1.93. The second kappa shape index (κ2) is 5.04. The third kappa shape index (κ3) is 3.01. The normalized spacial score (nSPS) is 10.7. The van der Waals surface area contributed by atoms with Gasteiger partial charge in [-0.1, -0.05) is 0 Å². The van der Waals surface area contributed by atoms with Crippen molar-refractivity contribution in [1.29, 1.82) is 0 Å². The minimum atomic E-state index is 1.00. The third-order valence-electron chi connectivity index (χ3n) is 1.53. The monoisotopic (exact) mass is 398 g/mol. The fraction of sp³-hybridized carbons (Fsp3) is 0.111. The molecule has 0 radical (unpaired) electrons. The summed E-state index contributed by atoms with van der Waals surface area (Å²) in [5.41, 5.74) is 2.33. The van der Waals surface area contributed by atoms with Gasteiger partial charge in [-0.25, -0.2) is 4.98 Å². The van der Waals surface area contributed by atoms with Crippen LogP contribution < -0.4 is 0 Å². The molecule has 0 unspecified atom stereocenters. The van der Waals surface area contributed by atoms with Crippen LogP contribution in [0, 0.1) is 14.3 Å². The molecule has 0 aliphatic rings. The van der Waals surface area contributed by atoms with Gasteiger partial charge in [-0.3, -0.25) is 4.99 Å². The van der Waals surface area contributed by atoms with Gasteiger partial charge in [0.1, 0.15) is 7.40 Å². The fourth-order valence-electron chi connectivity index (χ4n) is 0.933. The molecule has 0 spiro atoms. The molecule has 68 valence electrons. The van der Waals surface area contributed by atoms with Crippen LogP contribution in [0.15, 0.2) is 17.3 Å². The zero-order valence-electron chi connectivity index (χ0n) is 7.09. The summed E-state index contributed by atoms with van der Waals surface area (Å²) in [7, 11) is 0. The van der Waals surface area contributed by atoms with E-state index in [0.717, 1.165) is 13.0 Å². The van der Waals surface area contributed by atoms with Crippen molar-refractivity contribution in [3.63, 3.8) is 0 Å². The Hall–Kier alpha value is 0.0200. The number of aryl methyl sites for hydroxylation is 1. The first-order valence-corrected chi connectivity index (χ1v) is 5.76. The Bertz CT molecular complexity index is 336. The molecule has 0 N–H and O–H groups in total. The van der Waals surface area contributed by atoms with Crippen LogP contribution in [0.3, 0.4) is 0 Å². The number of aliphatic imine (C=N–C) groups is 1. The van der Waals surface area contributed by atoms with E-state index in [4.69, 9.17) is 0 Å². The van der Waals surface area contributed by atoms with Gasteiger partial charge in [-0.15, -0.1) is 0 Å².